The summed E-state index contributed by atoms with van der Waals surface area (Å²) in [7, 11) is 0. The van der Waals surface area contributed by atoms with E-state index >= 15 is 0 Å². The molecule has 0 aromatic carbocycles. The topological polar surface area (TPSA) is 20.2 Å². The summed E-state index contributed by atoms with van der Waals surface area (Å²) in [5, 5.41) is 9.57. The highest BCUT2D eigenvalue weighted by Crippen LogP contribution is 2.27. The highest BCUT2D eigenvalue weighted by atomic mass is 16.3. The van der Waals surface area contributed by atoms with E-state index in [0.717, 1.165) is 19.3 Å². The maximum atomic E-state index is 9.57. The van der Waals surface area contributed by atoms with Gasteiger partial charge in [-0.1, -0.05) is 66.2 Å². The Balaban J connectivity index is 3.28. The molecule has 0 aromatic rings. The second-order valence-corrected chi connectivity index (χ2v) is 5.91. The Morgan fingerprint density at radius 2 is 1.56 bits per heavy atom. The first-order valence-electron chi connectivity index (χ1n) is 7.20. The Morgan fingerprint density at radius 3 is 2.12 bits per heavy atom. The average Bonchev–Trinajstić information content (AvgIpc) is 2.23. The van der Waals surface area contributed by atoms with Gasteiger partial charge < -0.3 is 5.11 Å². The Hall–Kier alpha value is -0.0400. The lowest BCUT2D eigenvalue weighted by atomic mass is 9.84. The van der Waals surface area contributed by atoms with E-state index in [9.17, 15) is 5.11 Å². The summed E-state index contributed by atoms with van der Waals surface area (Å²) in [4.78, 5) is 0. The van der Waals surface area contributed by atoms with Gasteiger partial charge in [0.2, 0.25) is 0 Å². The third-order valence-electron chi connectivity index (χ3n) is 3.72. The van der Waals surface area contributed by atoms with Crippen molar-refractivity contribution >= 4 is 0 Å². The molecule has 0 aliphatic heterocycles. The maximum Gasteiger partial charge on any atom is 0.0540 e. The first-order valence-corrected chi connectivity index (χ1v) is 7.20. The fraction of sp³-hybridized carbons (Fsp3) is 1.00. The number of hydrogen-bond donors (Lipinski definition) is 1. The van der Waals surface area contributed by atoms with Crippen LogP contribution in [0.1, 0.15) is 85.5 Å². The number of hydrogen-bond acceptors (Lipinski definition) is 1. The van der Waals surface area contributed by atoms with Crippen molar-refractivity contribution in [1.82, 2.24) is 0 Å². The van der Waals surface area contributed by atoms with Crippen molar-refractivity contribution in [2.75, 3.05) is 0 Å². The van der Waals surface area contributed by atoms with Crippen LogP contribution in [0.3, 0.4) is 0 Å². The molecule has 0 aliphatic rings. The Bertz CT molecular complexity index is 152. The summed E-state index contributed by atoms with van der Waals surface area (Å²) in [5.41, 5.74) is 0.529. The van der Waals surface area contributed by atoms with Crippen LogP contribution >= 0.6 is 0 Å². The predicted molar refractivity (Wildman–Crippen MR) is 72.7 cm³/mol. The van der Waals surface area contributed by atoms with Crippen LogP contribution < -0.4 is 0 Å². The minimum Gasteiger partial charge on any atom is -0.393 e. The number of aliphatic hydroxyl groups excluding tert-OH is 1. The van der Waals surface area contributed by atoms with Crippen LogP contribution in [0.5, 0.6) is 0 Å². The highest BCUT2D eigenvalue weighted by Gasteiger charge is 2.13. The lowest BCUT2D eigenvalue weighted by molar-refractivity contribution is 0.149. The van der Waals surface area contributed by atoms with Crippen LogP contribution in [-0.4, -0.2) is 11.2 Å². The van der Waals surface area contributed by atoms with Crippen molar-refractivity contribution in [2.45, 2.75) is 91.6 Å². The van der Waals surface area contributed by atoms with Gasteiger partial charge in [-0.25, -0.2) is 0 Å². The summed E-state index contributed by atoms with van der Waals surface area (Å²) < 4.78 is 0. The maximum absolute atomic E-state index is 9.57. The molecule has 1 nitrogen and oxygen atoms in total. The van der Waals surface area contributed by atoms with E-state index in [2.05, 4.69) is 27.7 Å². The SMILES string of the molecule is CCCC(O)CCCCCCC(C)(C)CC. The van der Waals surface area contributed by atoms with Crippen LogP contribution in [0.15, 0.2) is 0 Å². The van der Waals surface area contributed by atoms with Crippen molar-refractivity contribution in [2.24, 2.45) is 5.41 Å². The molecule has 0 fully saturated rings. The van der Waals surface area contributed by atoms with Crippen LogP contribution in [0, 0.1) is 5.41 Å². The van der Waals surface area contributed by atoms with Crippen LogP contribution in [0.2, 0.25) is 0 Å². The standard InChI is InChI=1S/C15H32O/c1-5-11-14(16)12-9-7-8-10-13-15(3,4)6-2/h14,16H,5-13H2,1-4H3. The molecule has 1 atom stereocenters. The van der Waals surface area contributed by atoms with Gasteiger partial charge in [-0.3, -0.25) is 0 Å². The van der Waals surface area contributed by atoms with Gasteiger partial charge in [0.1, 0.15) is 0 Å². The van der Waals surface area contributed by atoms with Gasteiger partial charge in [-0.15, -0.1) is 0 Å². The lowest BCUT2D eigenvalue weighted by Crippen LogP contribution is -2.09. The fourth-order valence-electron chi connectivity index (χ4n) is 1.99. The van der Waals surface area contributed by atoms with E-state index in [4.69, 9.17) is 0 Å². The number of rotatable bonds is 10. The molecule has 0 heterocycles. The Kier molecular flexibility index (Phi) is 9.02. The van der Waals surface area contributed by atoms with Crippen molar-refractivity contribution in [3.63, 3.8) is 0 Å². The van der Waals surface area contributed by atoms with Gasteiger partial charge in [0.05, 0.1) is 6.10 Å². The zero-order valence-electron chi connectivity index (χ0n) is 11.9. The van der Waals surface area contributed by atoms with Gasteiger partial charge in [-0.2, -0.15) is 0 Å². The third-order valence-corrected chi connectivity index (χ3v) is 3.72. The zero-order chi connectivity index (χ0) is 12.4. The number of aliphatic hydroxyl groups is 1. The second kappa shape index (κ2) is 9.04. The van der Waals surface area contributed by atoms with E-state index < -0.39 is 0 Å². The monoisotopic (exact) mass is 228 g/mol. The van der Waals surface area contributed by atoms with Gasteiger partial charge >= 0.3 is 0 Å². The molecule has 0 saturated carbocycles. The summed E-state index contributed by atoms with van der Waals surface area (Å²) in [6.45, 7) is 9.13. The summed E-state index contributed by atoms with van der Waals surface area (Å²) in [6.07, 6.45) is 10.8. The molecule has 0 saturated heterocycles. The second-order valence-electron chi connectivity index (χ2n) is 5.91. The molecule has 0 aromatic heterocycles. The van der Waals surface area contributed by atoms with E-state index in [1.165, 1.54) is 38.5 Å². The normalized spacial score (nSPS) is 14.1. The van der Waals surface area contributed by atoms with E-state index in [1.807, 2.05) is 0 Å². The minimum atomic E-state index is -0.0444. The third kappa shape index (κ3) is 9.21. The van der Waals surface area contributed by atoms with Crippen molar-refractivity contribution in [3.8, 4) is 0 Å². The summed E-state index contributed by atoms with van der Waals surface area (Å²) >= 11 is 0. The van der Waals surface area contributed by atoms with Gasteiger partial charge in [-0.05, 0) is 24.7 Å². The molecule has 1 N–H and O–H groups in total. The summed E-state index contributed by atoms with van der Waals surface area (Å²) in [6, 6.07) is 0. The molecule has 1 heteroatoms. The van der Waals surface area contributed by atoms with Crippen LogP contribution in [-0.2, 0) is 0 Å². The van der Waals surface area contributed by atoms with Crippen molar-refractivity contribution in [3.05, 3.63) is 0 Å². The molecule has 0 aliphatic carbocycles. The molecular formula is C15H32O. The highest BCUT2D eigenvalue weighted by molar-refractivity contribution is 4.66. The minimum absolute atomic E-state index is 0.0444. The lowest BCUT2D eigenvalue weighted by Gasteiger charge is -2.22. The van der Waals surface area contributed by atoms with Crippen LogP contribution in [0.4, 0.5) is 0 Å². The molecule has 0 amide bonds. The van der Waals surface area contributed by atoms with Crippen LogP contribution in [0.25, 0.3) is 0 Å². The van der Waals surface area contributed by atoms with Crippen molar-refractivity contribution < 1.29 is 5.11 Å². The predicted octanol–water partition coefficient (Wildman–Crippen LogP) is 4.92. The summed E-state index contributed by atoms with van der Waals surface area (Å²) in [5.74, 6) is 0. The van der Waals surface area contributed by atoms with Gasteiger partial charge in [0.15, 0.2) is 0 Å². The Labute approximate surface area is 103 Å². The van der Waals surface area contributed by atoms with E-state index in [0.29, 0.717) is 5.41 Å². The van der Waals surface area contributed by atoms with E-state index in [-0.39, 0.29) is 6.10 Å². The van der Waals surface area contributed by atoms with Crippen molar-refractivity contribution in [1.29, 1.82) is 0 Å². The Morgan fingerprint density at radius 1 is 0.938 bits per heavy atom. The molecule has 0 radical (unpaired) electrons. The van der Waals surface area contributed by atoms with E-state index in [1.54, 1.807) is 0 Å². The molecule has 16 heavy (non-hydrogen) atoms. The molecule has 0 spiro atoms. The first kappa shape index (κ1) is 16.0. The molecular weight excluding hydrogens is 196 g/mol. The first-order chi connectivity index (χ1) is 7.52. The largest absolute Gasteiger partial charge is 0.393 e. The molecule has 98 valence electrons. The quantitative estimate of drug-likeness (QED) is 0.526. The molecule has 0 bridgehead atoms. The average molecular weight is 228 g/mol. The smallest absolute Gasteiger partial charge is 0.0540 e. The molecule has 1 unspecified atom stereocenters. The van der Waals surface area contributed by atoms with Gasteiger partial charge in [0.25, 0.3) is 0 Å². The van der Waals surface area contributed by atoms with Gasteiger partial charge in [0, 0.05) is 0 Å². The zero-order valence-corrected chi connectivity index (χ0v) is 11.9. The fourth-order valence-corrected chi connectivity index (χ4v) is 1.99. The number of unbranched alkanes of at least 4 members (excludes halogenated alkanes) is 3. The molecule has 0 rings (SSSR count).